The third kappa shape index (κ3) is 5.03. The molecule has 2 aromatic carbocycles. The van der Waals surface area contributed by atoms with E-state index in [9.17, 15) is 4.79 Å². The van der Waals surface area contributed by atoms with Crippen molar-refractivity contribution in [2.24, 2.45) is 5.92 Å². The second-order valence-corrected chi connectivity index (χ2v) is 9.79. The fourth-order valence-electron chi connectivity index (χ4n) is 5.38. The Morgan fingerprint density at radius 2 is 1.89 bits per heavy atom. The van der Waals surface area contributed by atoms with Crippen molar-refractivity contribution in [3.63, 3.8) is 0 Å². The van der Waals surface area contributed by atoms with Crippen LogP contribution in [0.25, 0.3) is 21.9 Å². The van der Waals surface area contributed by atoms with E-state index in [0.717, 1.165) is 92.0 Å². The summed E-state index contributed by atoms with van der Waals surface area (Å²) in [5.41, 5.74) is 4.06. The van der Waals surface area contributed by atoms with Crippen LogP contribution < -0.4 is 10.6 Å². The molecule has 1 aromatic heterocycles. The molecule has 2 N–H and O–H groups in total. The van der Waals surface area contributed by atoms with E-state index in [-0.39, 0.29) is 12.1 Å². The normalized spacial score (nSPS) is 24.4. The van der Waals surface area contributed by atoms with Gasteiger partial charge in [0.05, 0.1) is 30.7 Å². The van der Waals surface area contributed by atoms with Gasteiger partial charge in [0.25, 0.3) is 0 Å². The second-order valence-electron chi connectivity index (χ2n) is 9.79. The summed E-state index contributed by atoms with van der Waals surface area (Å²) in [5.74, 6) is 0.459. The predicted molar refractivity (Wildman–Crippen MR) is 136 cm³/mol. The highest BCUT2D eigenvalue weighted by Crippen LogP contribution is 2.39. The van der Waals surface area contributed by atoms with Gasteiger partial charge in [0.1, 0.15) is 0 Å². The zero-order chi connectivity index (χ0) is 23.6. The number of nitrogens with one attached hydrogen (secondary N) is 2. The molecule has 2 aliphatic heterocycles. The number of hydrogen-bond acceptors (Lipinski definition) is 5. The van der Waals surface area contributed by atoms with Gasteiger partial charge in [-0.05, 0) is 42.3 Å². The van der Waals surface area contributed by atoms with Crippen LogP contribution in [0, 0.1) is 5.92 Å². The number of morpholine rings is 1. The lowest BCUT2D eigenvalue weighted by molar-refractivity contribution is 0.0336. The van der Waals surface area contributed by atoms with Crippen LogP contribution in [0.3, 0.4) is 0 Å². The van der Waals surface area contributed by atoms with E-state index >= 15 is 0 Å². The summed E-state index contributed by atoms with van der Waals surface area (Å²) in [6.07, 6.45) is 5.51. The Balaban J connectivity index is 1.16. The van der Waals surface area contributed by atoms with Crippen LogP contribution in [0.2, 0.25) is 0 Å². The molecule has 35 heavy (non-hydrogen) atoms. The van der Waals surface area contributed by atoms with E-state index in [1.807, 2.05) is 24.4 Å². The van der Waals surface area contributed by atoms with Crippen molar-refractivity contribution < 1.29 is 14.3 Å². The Morgan fingerprint density at radius 3 is 2.66 bits per heavy atom. The Morgan fingerprint density at radius 1 is 1.03 bits per heavy atom. The van der Waals surface area contributed by atoms with Gasteiger partial charge in [-0.1, -0.05) is 36.4 Å². The summed E-state index contributed by atoms with van der Waals surface area (Å²) in [7, 11) is 0. The number of pyridine rings is 1. The molecular formula is C28H32N4O3. The average molecular weight is 473 g/mol. The van der Waals surface area contributed by atoms with E-state index in [1.54, 1.807) is 0 Å². The van der Waals surface area contributed by atoms with Crippen LogP contribution in [-0.4, -0.2) is 61.0 Å². The maximum atomic E-state index is 12.7. The van der Waals surface area contributed by atoms with Gasteiger partial charge in [-0.25, -0.2) is 4.79 Å². The maximum Gasteiger partial charge on any atom is 0.319 e. The molecule has 3 atom stereocenters. The van der Waals surface area contributed by atoms with Gasteiger partial charge >= 0.3 is 6.03 Å². The number of rotatable bonds is 6. The number of nitrogens with zero attached hydrogens (tertiary/aromatic N) is 2. The van der Waals surface area contributed by atoms with Crippen molar-refractivity contribution in [1.82, 2.24) is 15.2 Å². The quantitative estimate of drug-likeness (QED) is 0.555. The van der Waals surface area contributed by atoms with E-state index < -0.39 is 0 Å². The van der Waals surface area contributed by atoms with Crippen LogP contribution >= 0.6 is 0 Å². The van der Waals surface area contributed by atoms with Crippen molar-refractivity contribution in [1.29, 1.82) is 0 Å². The molecule has 2 amide bonds. The zero-order valence-corrected chi connectivity index (χ0v) is 19.9. The topological polar surface area (TPSA) is 75.7 Å². The first kappa shape index (κ1) is 22.5. The number of urea groups is 1. The number of amides is 2. The third-order valence-corrected chi connectivity index (χ3v) is 7.40. The first-order valence-corrected chi connectivity index (χ1v) is 12.7. The van der Waals surface area contributed by atoms with Crippen molar-refractivity contribution >= 4 is 22.5 Å². The van der Waals surface area contributed by atoms with Gasteiger partial charge in [-0.2, -0.15) is 0 Å². The number of aromatic nitrogens is 1. The molecule has 1 saturated carbocycles. The predicted octanol–water partition coefficient (Wildman–Crippen LogP) is 4.42. The minimum absolute atomic E-state index is 0.150. The highest BCUT2D eigenvalue weighted by molar-refractivity contribution is 6.07. The number of anilines is 1. The summed E-state index contributed by atoms with van der Waals surface area (Å²) < 4.78 is 11.2. The van der Waals surface area contributed by atoms with Crippen molar-refractivity contribution in [2.75, 3.05) is 38.2 Å². The van der Waals surface area contributed by atoms with Gasteiger partial charge in [-0.15, -0.1) is 0 Å². The number of carbonyl (C=O) groups is 1. The molecule has 3 heterocycles. The smallest absolute Gasteiger partial charge is 0.319 e. The molecule has 3 unspecified atom stereocenters. The monoisotopic (exact) mass is 472 g/mol. The lowest BCUT2D eigenvalue weighted by Gasteiger charge is -2.26. The zero-order valence-electron chi connectivity index (χ0n) is 19.9. The molecule has 3 aromatic rings. The van der Waals surface area contributed by atoms with E-state index in [4.69, 9.17) is 14.5 Å². The summed E-state index contributed by atoms with van der Waals surface area (Å²) in [6, 6.07) is 16.6. The first-order valence-electron chi connectivity index (χ1n) is 12.7. The van der Waals surface area contributed by atoms with Gasteiger partial charge in [0.2, 0.25) is 0 Å². The van der Waals surface area contributed by atoms with Crippen LogP contribution in [0.5, 0.6) is 0 Å². The fraction of sp³-hybridized carbons (Fsp3) is 0.429. The number of benzene rings is 2. The number of hydrogen-bond donors (Lipinski definition) is 2. The van der Waals surface area contributed by atoms with Crippen molar-refractivity contribution in [2.45, 2.75) is 38.0 Å². The average Bonchev–Trinajstić information content (AvgIpc) is 3.42. The number of ether oxygens (including phenoxy) is 2. The summed E-state index contributed by atoms with van der Waals surface area (Å²) in [6.45, 7) is 5.18. The summed E-state index contributed by atoms with van der Waals surface area (Å²) in [5, 5.41) is 8.32. The number of fused-ring (bicyclic) bond motifs is 1. The molecule has 1 aliphatic carbocycles. The Labute approximate surface area is 205 Å². The SMILES string of the molecule is O=C(Nc1ccc(-c2ccc(CN3CCOCC3)nc2)c2ccccc12)NC1CC1C1CCCO1. The van der Waals surface area contributed by atoms with E-state index in [1.165, 1.54) is 0 Å². The molecule has 6 rings (SSSR count). The highest BCUT2D eigenvalue weighted by Gasteiger charge is 2.45. The minimum atomic E-state index is -0.150. The Hall–Kier alpha value is -3.00. The van der Waals surface area contributed by atoms with Crippen LogP contribution in [0.15, 0.2) is 54.7 Å². The molecule has 3 aliphatic rings. The van der Waals surface area contributed by atoms with Gasteiger partial charge in [0, 0.05) is 55.3 Å². The molecule has 2 saturated heterocycles. The van der Waals surface area contributed by atoms with E-state index in [2.05, 4.69) is 45.9 Å². The van der Waals surface area contributed by atoms with Gasteiger partial charge < -0.3 is 20.1 Å². The number of carbonyl (C=O) groups excluding carboxylic acids is 1. The largest absolute Gasteiger partial charge is 0.379 e. The molecule has 7 nitrogen and oxygen atoms in total. The summed E-state index contributed by atoms with van der Waals surface area (Å²) >= 11 is 0. The van der Waals surface area contributed by atoms with Crippen LogP contribution in [0.1, 0.15) is 25.0 Å². The van der Waals surface area contributed by atoms with Crippen molar-refractivity contribution in [3.8, 4) is 11.1 Å². The van der Waals surface area contributed by atoms with Crippen LogP contribution in [-0.2, 0) is 16.0 Å². The van der Waals surface area contributed by atoms with E-state index in [0.29, 0.717) is 12.0 Å². The molecule has 0 bridgehead atoms. The second kappa shape index (κ2) is 9.93. The molecule has 3 fully saturated rings. The molecule has 7 heteroatoms. The Bertz CT molecular complexity index is 1190. The lowest BCUT2D eigenvalue weighted by atomic mass is 9.98. The Kier molecular flexibility index (Phi) is 6.37. The first-order chi connectivity index (χ1) is 17.2. The lowest BCUT2D eigenvalue weighted by Crippen LogP contribution is -2.35. The third-order valence-electron chi connectivity index (χ3n) is 7.40. The van der Waals surface area contributed by atoms with Crippen molar-refractivity contribution in [3.05, 3.63) is 60.4 Å². The summed E-state index contributed by atoms with van der Waals surface area (Å²) in [4.78, 5) is 19.8. The molecule has 182 valence electrons. The highest BCUT2D eigenvalue weighted by atomic mass is 16.5. The fourth-order valence-corrected chi connectivity index (χ4v) is 5.38. The molecular weight excluding hydrogens is 440 g/mol. The maximum absolute atomic E-state index is 12.7. The standard InChI is InChI=1S/C28H32N4O3/c33-28(31-26-16-24(26)27-6-3-13-35-27)30-25-10-9-21(22-4-1-2-5-23(22)25)19-7-8-20(29-17-19)18-32-11-14-34-15-12-32/h1-2,4-5,7-10,17,24,26-27H,3,6,11-16,18H2,(H2,30,31,33). The molecule has 0 spiro atoms. The van der Waals surface area contributed by atoms with Crippen LogP contribution in [0.4, 0.5) is 10.5 Å². The van der Waals surface area contributed by atoms with Gasteiger partial charge in [0.15, 0.2) is 0 Å². The minimum Gasteiger partial charge on any atom is -0.379 e. The van der Waals surface area contributed by atoms with Gasteiger partial charge in [-0.3, -0.25) is 9.88 Å². The molecule has 0 radical (unpaired) electrons.